The average Bonchev–Trinajstić information content (AvgIpc) is 2.71. The molecule has 2 aromatic rings. The second kappa shape index (κ2) is 10.4. The van der Waals surface area contributed by atoms with E-state index in [9.17, 15) is 9.18 Å². The van der Waals surface area contributed by atoms with Gasteiger partial charge in [0, 0.05) is 11.8 Å². The highest BCUT2D eigenvalue weighted by Crippen LogP contribution is 2.30. The van der Waals surface area contributed by atoms with E-state index in [1.54, 1.807) is 39.0 Å². The summed E-state index contributed by atoms with van der Waals surface area (Å²) in [5.41, 5.74) is 1.45. The smallest absolute Gasteiger partial charge is 0.347 e. The zero-order valence-electron chi connectivity index (χ0n) is 17.2. The Labute approximate surface area is 171 Å². The van der Waals surface area contributed by atoms with Gasteiger partial charge in [-0.1, -0.05) is 42.5 Å². The van der Waals surface area contributed by atoms with Crippen molar-refractivity contribution in [1.82, 2.24) is 0 Å². The van der Waals surface area contributed by atoms with Crippen LogP contribution < -0.4 is 4.74 Å². The van der Waals surface area contributed by atoms with Crippen molar-refractivity contribution in [3.8, 4) is 11.8 Å². The van der Waals surface area contributed by atoms with E-state index in [0.717, 1.165) is 16.3 Å². The molecule has 0 saturated carbocycles. The van der Waals surface area contributed by atoms with Gasteiger partial charge in [0.15, 0.2) is 6.10 Å². The molecule has 0 aliphatic rings. The minimum absolute atomic E-state index is 0.285. The maximum atomic E-state index is 14.1. The summed E-state index contributed by atoms with van der Waals surface area (Å²) in [7, 11) is 0. The third-order valence-corrected chi connectivity index (χ3v) is 4.51. The molecule has 2 unspecified atom stereocenters. The van der Waals surface area contributed by atoms with E-state index in [2.05, 4.69) is 6.07 Å². The fourth-order valence-corrected chi connectivity index (χ4v) is 2.91. The molecule has 0 aromatic heterocycles. The van der Waals surface area contributed by atoms with Crippen LogP contribution in [0.2, 0.25) is 0 Å². The highest BCUT2D eigenvalue weighted by Gasteiger charge is 2.17. The molecule has 0 aliphatic carbocycles. The largest absolute Gasteiger partial charge is 0.478 e. The fraction of sp³-hybridized carbons (Fsp3) is 0.333. The lowest BCUT2D eigenvalue weighted by atomic mass is 9.96. The second-order valence-electron chi connectivity index (χ2n) is 6.79. The Kier molecular flexibility index (Phi) is 7.97. The van der Waals surface area contributed by atoms with Crippen LogP contribution in [0.15, 0.2) is 60.0 Å². The monoisotopic (exact) mass is 395 g/mol. The lowest BCUT2D eigenvalue weighted by Crippen LogP contribution is -2.26. The van der Waals surface area contributed by atoms with Crippen LogP contribution in [-0.4, -0.2) is 18.7 Å². The molecule has 29 heavy (non-hydrogen) atoms. The van der Waals surface area contributed by atoms with Gasteiger partial charge in [-0.15, -0.1) is 0 Å². The van der Waals surface area contributed by atoms with Crippen LogP contribution in [0.4, 0.5) is 4.39 Å². The van der Waals surface area contributed by atoms with Gasteiger partial charge in [-0.05, 0) is 50.3 Å². The third-order valence-electron chi connectivity index (χ3n) is 4.51. The summed E-state index contributed by atoms with van der Waals surface area (Å²) in [4.78, 5) is 11.9. The Bertz CT molecular complexity index is 968. The van der Waals surface area contributed by atoms with Crippen LogP contribution in [-0.2, 0) is 16.0 Å². The van der Waals surface area contributed by atoms with Crippen LogP contribution in [0.3, 0.4) is 0 Å². The number of fused-ring (bicyclic) bond motifs is 1. The van der Waals surface area contributed by atoms with E-state index >= 15 is 0 Å². The number of ether oxygens (including phenoxy) is 2. The molecule has 0 spiro atoms. The van der Waals surface area contributed by atoms with Crippen molar-refractivity contribution in [2.75, 3.05) is 6.61 Å². The van der Waals surface area contributed by atoms with Crippen molar-refractivity contribution in [1.29, 1.82) is 5.26 Å². The van der Waals surface area contributed by atoms with Crippen molar-refractivity contribution in [3.05, 3.63) is 65.5 Å². The number of hydrogen-bond donors (Lipinski definition) is 0. The van der Waals surface area contributed by atoms with Crippen LogP contribution >= 0.6 is 0 Å². The third kappa shape index (κ3) is 5.92. The number of nitriles is 1. The first-order valence-electron chi connectivity index (χ1n) is 9.64. The van der Waals surface area contributed by atoms with Gasteiger partial charge in [0.05, 0.1) is 18.6 Å². The predicted octanol–water partition coefficient (Wildman–Crippen LogP) is 5.67. The van der Waals surface area contributed by atoms with Gasteiger partial charge in [0.1, 0.15) is 11.6 Å². The average molecular weight is 395 g/mol. The van der Waals surface area contributed by atoms with Gasteiger partial charge in [0.2, 0.25) is 0 Å². The summed E-state index contributed by atoms with van der Waals surface area (Å²) < 4.78 is 24.9. The van der Waals surface area contributed by atoms with Crippen molar-refractivity contribution < 1.29 is 18.7 Å². The number of nitrogens with zero attached hydrogens (tertiary/aromatic N) is 1. The Morgan fingerprint density at radius 2 is 1.90 bits per heavy atom. The van der Waals surface area contributed by atoms with Gasteiger partial charge >= 0.3 is 5.97 Å². The molecule has 0 fully saturated rings. The Balaban J connectivity index is 2.37. The molecule has 2 aromatic carbocycles. The first-order chi connectivity index (χ1) is 13.9. The predicted molar refractivity (Wildman–Crippen MR) is 112 cm³/mol. The summed E-state index contributed by atoms with van der Waals surface area (Å²) in [6, 6.07) is 13.4. The first kappa shape index (κ1) is 22.2. The molecule has 0 saturated heterocycles. The molecule has 5 heteroatoms. The second-order valence-corrected chi connectivity index (χ2v) is 6.79. The molecule has 0 N–H and O–H groups in total. The maximum Gasteiger partial charge on any atom is 0.347 e. The van der Waals surface area contributed by atoms with Crippen molar-refractivity contribution >= 4 is 16.7 Å². The summed E-state index contributed by atoms with van der Waals surface area (Å²) in [5, 5.41) is 10.7. The topological polar surface area (TPSA) is 59.3 Å². The molecule has 0 amide bonds. The Morgan fingerprint density at radius 3 is 2.55 bits per heavy atom. The number of allylic oxidation sites excluding steroid dienone is 4. The normalized spacial score (nSPS) is 14.2. The lowest BCUT2D eigenvalue weighted by molar-refractivity contribution is -0.150. The molecule has 4 nitrogen and oxygen atoms in total. The lowest BCUT2D eigenvalue weighted by Gasteiger charge is -2.16. The summed E-state index contributed by atoms with van der Waals surface area (Å²) >= 11 is 0. The van der Waals surface area contributed by atoms with Gasteiger partial charge in [-0.3, -0.25) is 0 Å². The zero-order chi connectivity index (χ0) is 21.4. The van der Waals surface area contributed by atoms with E-state index < -0.39 is 12.1 Å². The van der Waals surface area contributed by atoms with Gasteiger partial charge < -0.3 is 9.47 Å². The number of benzene rings is 2. The maximum absolute atomic E-state index is 14.1. The number of rotatable bonds is 8. The van der Waals surface area contributed by atoms with E-state index in [-0.39, 0.29) is 11.7 Å². The molecule has 0 radical (unpaired) electrons. The Hall–Kier alpha value is -3.13. The highest BCUT2D eigenvalue weighted by atomic mass is 19.1. The molecule has 0 bridgehead atoms. The SMILES string of the molecule is CCOC(=O)C(C)Oc1cccc2c(CC(/C=C\C(C)C#N)=C(/C)F)cccc12. The quantitative estimate of drug-likeness (QED) is 0.427. The van der Waals surface area contributed by atoms with Crippen molar-refractivity contribution in [2.24, 2.45) is 5.92 Å². The van der Waals surface area contributed by atoms with Gasteiger partial charge in [-0.2, -0.15) is 5.26 Å². The van der Waals surface area contributed by atoms with Crippen LogP contribution in [0.1, 0.15) is 33.3 Å². The summed E-state index contributed by atoms with van der Waals surface area (Å²) in [6.07, 6.45) is 3.01. The van der Waals surface area contributed by atoms with E-state index in [4.69, 9.17) is 14.7 Å². The standard InChI is InChI=1S/C24H26FNO3/c1-5-28-24(27)18(4)29-23-11-7-9-21-20(8-6-10-22(21)23)14-19(17(3)25)13-12-16(2)15-26/h6-13,16,18H,5,14H2,1-4H3/b13-12-,19-17-. The van der Waals surface area contributed by atoms with Crippen molar-refractivity contribution in [2.45, 2.75) is 40.2 Å². The number of carbonyl (C=O) groups excluding carboxylic acids is 1. The zero-order valence-corrected chi connectivity index (χ0v) is 17.2. The number of esters is 1. The molecule has 152 valence electrons. The van der Waals surface area contributed by atoms with Crippen LogP contribution in [0.5, 0.6) is 5.75 Å². The molecule has 2 atom stereocenters. The molecule has 0 heterocycles. The fourth-order valence-electron chi connectivity index (χ4n) is 2.91. The van der Waals surface area contributed by atoms with E-state index in [1.165, 1.54) is 6.92 Å². The molecular formula is C24H26FNO3. The molecule has 2 rings (SSSR count). The summed E-state index contributed by atoms with van der Waals surface area (Å²) in [6.45, 7) is 6.86. The van der Waals surface area contributed by atoms with Gasteiger partial charge in [-0.25, -0.2) is 9.18 Å². The molecular weight excluding hydrogens is 369 g/mol. The highest BCUT2D eigenvalue weighted by molar-refractivity contribution is 5.91. The van der Waals surface area contributed by atoms with Crippen LogP contribution in [0.25, 0.3) is 10.8 Å². The van der Waals surface area contributed by atoms with Gasteiger partial charge in [0.25, 0.3) is 0 Å². The Morgan fingerprint density at radius 1 is 1.21 bits per heavy atom. The summed E-state index contributed by atoms with van der Waals surface area (Å²) in [5.74, 6) is -0.426. The number of halogens is 1. The minimum Gasteiger partial charge on any atom is -0.478 e. The molecule has 0 aliphatic heterocycles. The number of hydrogen-bond acceptors (Lipinski definition) is 4. The van der Waals surface area contributed by atoms with Crippen LogP contribution in [0, 0.1) is 17.2 Å². The van der Waals surface area contributed by atoms with Crippen molar-refractivity contribution in [3.63, 3.8) is 0 Å². The first-order valence-corrected chi connectivity index (χ1v) is 9.64. The minimum atomic E-state index is -0.733. The van der Waals surface area contributed by atoms with E-state index in [0.29, 0.717) is 24.4 Å². The number of carbonyl (C=O) groups is 1. The van der Waals surface area contributed by atoms with E-state index in [1.807, 2.05) is 30.3 Å².